The van der Waals surface area contributed by atoms with Gasteiger partial charge in [0.2, 0.25) is 10.0 Å². The summed E-state index contributed by atoms with van der Waals surface area (Å²) in [7, 11) is -3.74. The topological polar surface area (TPSA) is 101 Å². The predicted molar refractivity (Wildman–Crippen MR) is 107 cm³/mol. The molecule has 0 aliphatic carbocycles. The van der Waals surface area contributed by atoms with Crippen molar-refractivity contribution in [1.82, 2.24) is 9.71 Å². The first kappa shape index (κ1) is 19.3. The van der Waals surface area contributed by atoms with Gasteiger partial charge in [-0.3, -0.25) is 4.98 Å². The molecule has 2 aromatic carbocycles. The Morgan fingerprint density at radius 1 is 1.11 bits per heavy atom. The fourth-order valence-electron chi connectivity index (χ4n) is 3.21. The Kier molecular flexibility index (Phi) is 5.33. The summed E-state index contributed by atoms with van der Waals surface area (Å²) in [6.45, 7) is 1.49. The van der Waals surface area contributed by atoms with Gasteiger partial charge < -0.3 is 9.15 Å². The number of benzene rings is 2. The second-order valence-electron chi connectivity index (χ2n) is 6.71. The summed E-state index contributed by atoms with van der Waals surface area (Å²) in [6, 6.07) is 14.3. The predicted octanol–water partition coefficient (Wildman–Crippen LogP) is 2.74. The SMILES string of the molecule is O=c1[nH]c2cc(S(=O)(=O)NCC3(Sc4ccccc4)CCOCC3)ccc2o1. The molecular weight excluding hydrogens is 400 g/mol. The molecule has 0 atom stereocenters. The van der Waals surface area contributed by atoms with Crippen LogP contribution in [0.5, 0.6) is 0 Å². The van der Waals surface area contributed by atoms with Crippen molar-refractivity contribution < 1.29 is 17.6 Å². The van der Waals surface area contributed by atoms with Crippen LogP contribution in [0.2, 0.25) is 0 Å². The monoisotopic (exact) mass is 420 g/mol. The van der Waals surface area contributed by atoms with Gasteiger partial charge in [0.15, 0.2) is 5.58 Å². The number of aromatic nitrogens is 1. The third kappa shape index (κ3) is 4.17. The molecule has 0 spiro atoms. The summed E-state index contributed by atoms with van der Waals surface area (Å²) in [6.07, 6.45) is 1.51. The van der Waals surface area contributed by atoms with Gasteiger partial charge in [0.05, 0.1) is 10.4 Å². The maximum atomic E-state index is 12.8. The van der Waals surface area contributed by atoms with Crippen molar-refractivity contribution in [3.63, 3.8) is 0 Å². The van der Waals surface area contributed by atoms with Crippen molar-refractivity contribution in [2.75, 3.05) is 19.8 Å². The van der Waals surface area contributed by atoms with Gasteiger partial charge in [-0.2, -0.15) is 0 Å². The number of oxazole rings is 1. The molecule has 1 aromatic heterocycles. The number of hydrogen-bond acceptors (Lipinski definition) is 6. The molecule has 2 N–H and O–H groups in total. The van der Waals surface area contributed by atoms with Gasteiger partial charge in [0.1, 0.15) is 0 Å². The van der Waals surface area contributed by atoms with Crippen LogP contribution in [0, 0.1) is 0 Å². The van der Waals surface area contributed by atoms with Crippen molar-refractivity contribution in [1.29, 1.82) is 0 Å². The molecule has 0 bridgehead atoms. The van der Waals surface area contributed by atoms with Crippen molar-refractivity contribution in [3.05, 3.63) is 59.1 Å². The molecule has 0 radical (unpaired) electrons. The number of thioether (sulfide) groups is 1. The Balaban J connectivity index is 1.55. The summed E-state index contributed by atoms with van der Waals surface area (Å²) >= 11 is 1.68. The number of fused-ring (bicyclic) bond motifs is 1. The first-order valence-electron chi connectivity index (χ1n) is 8.90. The van der Waals surface area contributed by atoms with Gasteiger partial charge in [-0.05, 0) is 43.2 Å². The molecule has 0 amide bonds. The Hall–Kier alpha value is -2.07. The van der Waals surface area contributed by atoms with E-state index >= 15 is 0 Å². The van der Waals surface area contributed by atoms with Gasteiger partial charge in [-0.15, -0.1) is 11.8 Å². The molecule has 1 aliphatic rings. The summed E-state index contributed by atoms with van der Waals surface area (Å²) in [5.74, 6) is -0.613. The van der Waals surface area contributed by atoms with Crippen LogP contribution in [-0.2, 0) is 14.8 Å². The van der Waals surface area contributed by atoms with Crippen LogP contribution in [0.4, 0.5) is 0 Å². The number of sulfonamides is 1. The number of ether oxygens (including phenoxy) is 1. The quantitative estimate of drug-likeness (QED) is 0.636. The molecule has 2 heterocycles. The van der Waals surface area contributed by atoms with Gasteiger partial charge in [-0.1, -0.05) is 18.2 Å². The van der Waals surface area contributed by atoms with Gasteiger partial charge >= 0.3 is 5.76 Å². The minimum absolute atomic E-state index is 0.0870. The highest BCUT2D eigenvalue weighted by molar-refractivity contribution is 8.00. The Labute approximate surface area is 166 Å². The number of rotatable bonds is 6. The molecule has 1 saturated heterocycles. The Bertz CT molecular complexity index is 1120. The van der Waals surface area contributed by atoms with Crippen LogP contribution in [0.1, 0.15) is 12.8 Å². The van der Waals surface area contributed by atoms with Crippen LogP contribution in [0.3, 0.4) is 0 Å². The van der Waals surface area contributed by atoms with E-state index in [9.17, 15) is 13.2 Å². The molecule has 4 rings (SSSR count). The average Bonchev–Trinajstić information content (AvgIpc) is 3.07. The second kappa shape index (κ2) is 7.75. The normalized spacial score (nSPS) is 17.0. The molecule has 7 nitrogen and oxygen atoms in total. The van der Waals surface area contributed by atoms with Gasteiger partial charge in [-0.25, -0.2) is 17.9 Å². The lowest BCUT2D eigenvalue weighted by molar-refractivity contribution is 0.0784. The molecule has 1 aliphatic heterocycles. The fourth-order valence-corrected chi connectivity index (χ4v) is 5.76. The number of hydrogen-bond donors (Lipinski definition) is 2. The van der Waals surface area contributed by atoms with E-state index in [1.54, 1.807) is 11.8 Å². The summed E-state index contributed by atoms with van der Waals surface area (Å²) in [5, 5.41) is 0. The summed E-state index contributed by atoms with van der Waals surface area (Å²) in [5.41, 5.74) is 0.678. The van der Waals surface area contributed by atoms with Gasteiger partial charge in [0.25, 0.3) is 0 Å². The minimum Gasteiger partial charge on any atom is -0.408 e. The molecule has 3 aromatic rings. The van der Waals surface area contributed by atoms with Crippen LogP contribution in [0.15, 0.2) is 67.5 Å². The molecule has 1 fully saturated rings. The third-order valence-electron chi connectivity index (χ3n) is 4.77. The van der Waals surface area contributed by atoms with Crippen molar-refractivity contribution in [3.8, 4) is 0 Å². The maximum absolute atomic E-state index is 12.8. The number of nitrogens with one attached hydrogen (secondary N) is 2. The van der Waals surface area contributed by atoms with E-state index in [0.29, 0.717) is 24.3 Å². The van der Waals surface area contributed by atoms with E-state index in [-0.39, 0.29) is 16.2 Å². The Morgan fingerprint density at radius 3 is 2.61 bits per heavy atom. The first-order chi connectivity index (χ1) is 13.5. The van der Waals surface area contributed by atoms with E-state index in [4.69, 9.17) is 9.15 Å². The van der Waals surface area contributed by atoms with Crippen LogP contribution in [0.25, 0.3) is 11.1 Å². The fraction of sp³-hybridized carbons (Fsp3) is 0.316. The van der Waals surface area contributed by atoms with Crippen LogP contribution in [-0.4, -0.2) is 37.9 Å². The zero-order valence-corrected chi connectivity index (χ0v) is 16.6. The highest BCUT2D eigenvalue weighted by Gasteiger charge is 2.35. The molecular formula is C19H20N2O5S2. The molecule has 0 unspecified atom stereocenters. The zero-order valence-electron chi connectivity index (χ0n) is 15.0. The van der Waals surface area contributed by atoms with E-state index in [0.717, 1.165) is 17.7 Å². The van der Waals surface area contributed by atoms with E-state index < -0.39 is 15.8 Å². The number of H-pyrrole nitrogens is 1. The van der Waals surface area contributed by atoms with E-state index in [1.165, 1.54) is 18.2 Å². The summed E-state index contributed by atoms with van der Waals surface area (Å²) < 4.78 is 38.6. The van der Waals surface area contributed by atoms with Crippen molar-refractivity contribution >= 4 is 32.9 Å². The first-order valence-corrected chi connectivity index (χ1v) is 11.2. The minimum atomic E-state index is -3.74. The maximum Gasteiger partial charge on any atom is 0.417 e. The lowest BCUT2D eigenvalue weighted by Gasteiger charge is -2.36. The molecule has 9 heteroatoms. The van der Waals surface area contributed by atoms with E-state index in [2.05, 4.69) is 9.71 Å². The van der Waals surface area contributed by atoms with Gasteiger partial charge in [0, 0.05) is 29.4 Å². The molecule has 28 heavy (non-hydrogen) atoms. The van der Waals surface area contributed by atoms with Crippen LogP contribution < -0.4 is 10.5 Å². The zero-order chi connectivity index (χ0) is 19.6. The lowest BCUT2D eigenvalue weighted by Crippen LogP contribution is -2.44. The summed E-state index contributed by atoms with van der Waals surface area (Å²) in [4.78, 5) is 15.0. The standard InChI is InChI=1S/C19H20N2O5S2/c22-18-21-16-12-15(6-7-17(16)26-18)28(23,24)20-13-19(8-10-25-11-9-19)27-14-4-2-1-3-5-14/h1-7,12,20H,8-11,13H2,(H,21,22). The lowest BCUT2D eigenvalue weighted by atomic mass is 9.99. The largest absolute Gasteiger partial charge is 0.417 e. The number of aromatic amines is 1. The van der Waals surface area contributed by atoms with Crippen molar-refractivity contribution in [2.24, 2.45) is 0 Å². The molecule has 0 saturated carbocycles. The Morgan fingerprint density at radius 2 is 1.86 bits per heavy atom. The van der Waals surface area contributed by atoms with E-state index in [1.807, 2.05) is 30.3 Å². The molecule has 148 valence electrons. The smallest absolute Gasteiger partial charge is 0.408 e. The average molecular weight is 421 g/mol. The third-order valence-corrected chi connectivity index (χ3v) is 7.66. The highest BCUT2D eigenvalue weighted by atomic mass is 32.2. The van der Waals surface area contributed by atoms with Crippen LogP contribution >= 0.6 is 11.8 Å². The highest BCUT2D eigenvalue weighted by Crippen LogP contribution is 2.40. The second-order valence-corrected chi connectivity index (χ2v) is 10.0. The van der Waals surface area contributed by atoms with Crippen molar-refractivity contribution in [2.45, 2.75) is 27.4 Å².